The maximum atomic E-state index is 13.1. The van der Waals surface area contributed by atoms with E-state index in [0.717, 1.165) is 22.7 Å². The van der Waals surface area contributed by atoms with Gasteiger partial charge in [0.1, 0.15) is 5.82 Å². The summed E-state index contributed by atoms with van der Waals surface area (Å²) in [5.74, 6) is -0.119. The second kappa shape index (κ2) is 10.9. The van der Waals surface area contributed by atoms with Gasteiger partial charge in [0.25, 0.3) is 0 Å². The SMILES string of the molecule is CCc1ccc(NC(=O)CSc2nnc(N3C(N)=C(C#N)C(c4cccs4)C4=C3CCCC4=O)s2)cc1. The third kappa shape index (κ3) is 5.05. The normalized spacial score (nSPS) is 17.6. The van der Waals surface area contributed by atoms with Crippen molar-refractivity contribution in [1.82, 2.24) is 10.2 Å². The van der Waals surface area contributed by atoms with E-state index in [9.17, 15) is 14.9 Å². The molecular weight excluding hydrogens is 525 g/mol. The number of nitriles is 1. The van der Waals surface area contributed by atoms with Crippen LogP contribution >= 0.6 is 34.4 Å². The van der Waals surface area contributed by atoms with Gasteiger partial charge in [-0.1, -0.05) is 48.2 Å². The summed E-state index contributed by atoms with van der Waals surface area (Å²) < 4.78 is 0.599. The van der Waals surface area contributed by atoms with E-state index < -0.39 is 5.92 Å². The van der Waals surface area contributed by atoms with Gasteiger partial charge in [-0.2, -0.15) is 5.26 Å². The van der Waals surface area contributed by atoms with E-state index in [1.54, 1.807) is 4.90 Å². The highest BCUT2D eigenvalue weighted by molar-refractivity contribution is 8.01. The molecule has 1 amide bonds. The Morgan fingerprint density at radius 2 is 2.08 bits per heavy atom. The number of Topliss-reactive ketones (excluding diaryl/α,β-unsaturated/α-hetero) is 1. The molecule has 0 saturated carbocycles. The number of hydrogen-bond acceptors (Lipinski definition) is 10. The zero-order chi connectivity index (χ0) is 25.9. The van der Waals surface area contributed by atoms with Gasteiger partial charge in [0, 0.05) is 28.3 Å². The highest BCUT2D eigenvalue weighted by Gasteiger charge is 2.41. The van der Waals surface area contributed by atoms with Crippen LogP contribution in [0.25, 0.3) is 0 Å². The Morgan fingerprint density at radius 1 is 1.27 bits per heavy atom. The molecule has 0 saturated heterocycles. The summed E-state index contributed by atoms with van der Waals surface area (Å²) in [6.07, 6.45) is 2.75. The standard InChI is InChI=1S/C26H24N6O2S3/c1-2-15-8-10-16(11-9-15)29-21(34)14-36-26-31-30-25(37-26)32-18-5-3-6-19(33)23(18)22(17(13-27)24(32)28)20-7-4-12-35-20/h4,7-12,22H,2-3,5-6,14,28H2,1H3,(H,29,34). The molecule has 5 rings (SSSR count). The summed E-state index contributed by atoms with van der Waals surface area (Å²) in [5.41, 5.74) is 10.3. The molecule has 37 heavy (non-hydrogen) atoms. The molecule has 188 valence electrons. The maximum absolute atomic E-state index is 13.1. The Balaban J connectivity index is 1.37. The van der Waals surface area contributed by atoms with Crippen LogP contribution in [0.3, 0.4) is 0 Å². The lowest BCUT2D eigenvalue weighted by atomic mass is 9.78. The van der Waals surface area contributed by atoms with Crippen LogP contribution in [0.2, 0.25) is 0 Å². The molecule has 2 aliphatic rings. The fourth-order valence-corrected chi connectivity index (χ4v) is 7.07. The lowest BCUT2D eigenvalue weighted by Gasteiger charge is -2.37. The number of nitrogens with zero attached hydrogens (tertiary/aromatic N) is 4. The first-order chi connectivity index (χ1) is 18.0. The van der Waals surface area contributed by atoms with E-state index in [4.69, 9.17) is 5.73 Å². The van der Waals surface area contributed by atoms with Crippen LogP contribution in [-0.2, 0) is 16.0 Å². The quantitative estimate of drug-likeness (QED) is 0.386. The monoisotopic (exact) mass is 548 g/mol. The number of ketones is 1. The molecule has 0 fully saturated rings. The number of benzene rings is 1. The van der Waals surface area contributed by atoms with E-state index in [1.807, 2.05) is 41.8 Å². The van der Waals surface area contributed by atoms with Crippen LogP contribution in [-0.4, -0.2) is 27.6 Å². The number of aryl methyl sites for hydroxylation is 1. The van der Waals surface area contributed by atoms with E-state index in [0.29, 0.717) is 39.9 Å². The molecule has 1 unspecified atom stereocenters. The Labute approximate surface area is 226 Å². The smallest absolute Gasteiger partial charge is 0.234 e. The third-order valence-electron chi connectivity index (χ3n) is 6.30. The number of rotatable bonds is 7. The molecule has 3 N–H and O–H groups in total. The number of anilines is 2. The van der Waals surface area contributed by atoms with Crippen molar-refractivity contribution in [1.29, 1.82) is 5.26 Å². The van der Waals surface area contributed by atoms with E-state index in [2.05, 4.69) is 28.5 Å². The molecule has 0 radical (unpaired) electrons. The van der Waals surface area contributed by atoms with Crippen molar-refractivity contribution in [3.8, 4) is 6.07 Å². The summed E-state index contributed by atoms with van der Waals surface area (Å²) >= 11 is 4.07. The van der Waals surface area contributed by atoms with Crippen molar-refractivity contribution in [3.63, 3.8) is 0 Å². The Kier molecular flexibility index (Phi) is 7.41. The average Bonchev–Trinajstić information content (AvgIpc) is 3.60. The first-order valence-electron chi connectivity index (χ1n) is 11.8. The molecule has 0 spiro atoms. The highest BCUT2D eigenvalue weighted by Crippen LogP contribution is 2.47. The summed E-state index contributed by atoms with van der Waals surface area (Å²) in [6, 6.07) is 13.9. The van der Waals surface area contributed by atoms with E-state index in [1.165, 1.54) is 40.0 Å². The highest BCUT2D eigenvalue weighted by atomic mass is 32.2. The maximum Gasteiger partial charge on any atom is 0.234 e. The van der Waals surface area contributed by atoms with Gasteiger partial charge in [-0.05, 0) is 48.4 Å². The second-order valence-corrected chi connectivity index (χ2v) is 11.7. The van der Waals surface area contributed by atoms with Gasteiger partial charge >= 0.3 is 0 Å². The minimum absolute atomic E-state index is 0.0349. The summed E-state index contributed by atoms with van der Waals surface area (Å²) in [7, 11) is 0. The first kappa shape index (κ1) is 25.2. The van der Waals surface area contributed by atoms with E-state index in [-0.39, 0.29) is 23.3 Å². The molecule has 3 aromatic rings. The molecular formula is C26H24N6O2S3. The van der Waals surface area contributed by atoms with Crippen molar-refractivity contribution in [2.45, 2.75) is 42.9 Å². The topological polar surface area (TPSA) is 125 Å². The third-order valence-corrected chi connectivity index (χ3v) is 9.28. The Morgan fingerprint density at radius 3 is 2.78 bits per heavy atom. The minimum atomic E-state index is -0.457. The number of hydrogen-bond donors (Lipinski definition) is 2. The van der Waals surface area contributed by atoms with Crippen LogP contribution < -0.4 is 16.0 Å². The molecule has 1 aromatic carbocycles. The van der Waals surface area contributed by atoms with E-state index >= 15 is 0 Å². The van der Waals surface area contributed by atoms with Gasteiger partial charge in [0.05, 0.1) is 23.3 Å². The Hall–Kier alpha value is -3.46. The largest absolute Gasteiger partial charge is 0.384 e. The number of nitrogens with two attached hydrogens (primary N) is 1. The van der Waals surface area contributed by atoms with Crippen LogP contribution in [0.5, 0.6) is 0 Å². The van der Waals surface area contributed by atoms with Crippen molar-refractivity contribution in [2.24, 2.45) is 5.73 Å². The van der Waals surface area contributed by atoms with Gasteiger partial charge in [-0.25, -0.2) is 0 Å². The van der Waals surface area contributed by atoms with Crippen LogP contribution in [0.15, 0.2) is 68.8 Å². The van der Waals surface area contributed by atoms with Crippen molar-refractivity contribution in [2.75, 3.05) is 16.0 Å². The van der Waals surface area contributed by atoms with Crippen LogP contribution in [0, 0.1) is 11.3 Å². The number of allylic oxidation sites excluding steroid dienone is 3. The number of nitrogens with one attached hydrogen (secondary N) is 1. The number of thioether (sulfide) groups is 1. The number of amides is 1. The number of thiophene rings is 1. The van der Waals surface area contributed by atoms with Gasteiger partial charge < -0.3 is 11.1 Å². The predicted octanol–water partition coefficient (Wildman–Crippen LogP) is 5.20. The van der Waals surface area contributed by atoms with Gasteiger partial charge in [0.2, 0.25) is 11.0 Å². The molecule has 11 heteroatoms. The van der Waals surface area contributed by atoms with Crippen LogP contribution in [0.1, 0.15) is 42.5 Å². The zero-order valence-electron chi connectivity index (χ0n) is 20.1. The Bertz CT molecular complexity index is 1430. The van der Waals surface area contributed by atoms with Gasteiger partial charge in [0.15, 0.2) is 10.1 Å². The molecule has 1 atom stereocenters. The lowest BCUT2D eigenvalue weighted by Crippen LogP contribution is -2.38. The average molecular weight is 549 g/mol. The van der Waals surface area contributed by atoms with Gasteiger partial charge in [-0.3, -0.25) is 14.5 Å². The fraction of sp³-hybridized carbons (Fsp3) is 0.269. The van der Waals surface area contributed by atoms with Crippen LogP contribution in [0.4, 0.5) is 10.8 Å². The molecule has 1 aliphatic carbocycles. The summed E-state index contributed by atoms with van der Waals surface area (Å²) in [6.45, 7) is 2.08. The molecule has 3 heterocycles. The molecule has 2 aromatic heterocycles. The number of carbonyl (C=O) groups is 2. The number of carbonyl (C=O) groups excluding carboxylic acids is 2. The van der Waals surface area contributed by atoms with Gasteiger partial charge in [-0.15, -0.1) is 21.5 Å². The summed E-state index contributed by atoms with van der Waals surface area (Å²) in [4.78, 5) is 28.2. The first-order valence-corrected chi connectivity index (χ1v) is 14.5. The molecule has 0 bridgehead atoms. The molecule has 8 nitrogen and oxygen atoms in total. The predicted molar refractivity (Wildman–Crippen MR) is 147 cm³/mol. The zero-order valence-corrected chi connectivity index (χ0v) is 22.5. The van der Waals surface area contributed by atoms with Crippen molar-refractivity contribution < 1.29 is 9.59 Å². The van der Waals surface area contributed by atoms with Crippen molar-refractivity contribution in [3.05, 3.63) is 74.9 Å². The second-order valence-electron chi connectivity index (χ2n) is 8.57. The van der Waals surface area contributed by atoms with Crippen molar-refractivity contribution >= 4 is 56.9 Å². The number of aromatic nitrogens is 2. The summed E-state index contributed by atoms with van der Waals surface area (Å²) in [5, 5.41) is 23.9. The fourth-order valence-electron chi connectivity index (χ4n) is 4.54. The minimum Gasteiger partial charge on any atom is -0.384 e. The molecule has 1 aliphatic heterocycles. The lowest BCUT2D eigenvalue weighted by molar-refractivity contribution is -0.116.